The summed E-state index contributed by atoms with van der Waals surface area (Å²) >= 11 is 0. The van der Waals surface area contributed by atoms with E-state index in [4.69, 9.17) is 4.74 Å². The van der Waals surface area contributed by atoms with Crippen molar-refractivity contribution in [1.29, 1.82) is 0 Å². The van der Waals surface area contributed by atoms with Crippen LogP contribution in [0.25, 0.3) is 10.8 Å². The molecule has 0 aliphatic carbocycles. The first kappa shape index (κ1) is 14.3. The molecular weight excluding hydrogens is 254 g/mol. The summed E-state index contributed by atoms with van der Waals surface area (Å²) in [6, 6.07) is 11.7. The lowest BCUT2D eigenvalue weighted by Gasteiger charge is -2.16. The van der Waals surface area contributed by atoms with E-state index in [-0.39, 0.29) is 12.5 Å². The van der Waals surface area contributed by atoms with Gasteiger partial charge in [-0.3, -0.25) is 4.79 Å². The van der Waals surface area contributed by atoms with E-state index in [2.05, 4.69) is 5.32 Å². The minimum absolute atomic E-state index is 0.0659. The molecule has 2 aromatic carbocycles. The average molecular weight is 273 g/mol. The number of benzene rings is 2. The van der Waals surface area contributed by atoms with Crippen LogP contribution in [0.1, 0.15) is 25.0 Å². The molecular formula is C16H19NO3. The molecule has 4 nitrogen and oxygen atoms in total. The van der Waals surface area contributed by atoms with Crippen molar-refractivity contribution >= 4 is 16.7 Å². The van der Waals surface area contributed by atoms with Gasteiger partial charge in [0.2, 0.25) is 5.91 Å². The quantitative estimate of drug-likeness (QED) is 0.879. The van der Waals surface area contributed by atoms with Crippen LogP contribution in [-0.2, 0) is 4.79 Å². The minimum Gasteiger partial charge on any atom is -0.492 e. The van der Waals surface area contributed by atoms with Crippen molar-refractivity contribution < 1.29 is 14.6 Å². The number of aliphatic hydroxyl groups is 1. The fourth-order valence-electron chi connectivity index (χ4n) is 2.12. The van der Waals surface area contributed by atoms with Crippen LogP contribution < -0.4 is 10.1 Å². The summed E-state index contributed by atoms with van der Waals surface area (Å²) in [5.74, 6) is 0.589. The second-order valence-electron chi connectivity index (χ2n) is 4.65. The number of hydrogen-bond acceptors (Lipinski definition) is 3. The molecule has 0 aliphatic heterocycles. The van der Waals surface area contributed by atoms with Crippen molar-refractivity contribution in [2.45, 2.75) is 19.4 Å². The summed E-state index contributed by atoms with van der Waals surface area (Å²) in [7, 11) is 1.60. The molecule has 2 N–H and O–H groups in total. The number of amides is 1. The molecule has 0 saturated heterocycles. The van der Waals surface area contributed by atoms with Crippen molar-refractivity contribution in [1.82, 2.24) is 5.32 Å². The largest absolute Gasteiger partial charge is 0.492 e. The first-order valence-corrected chi connectivity index (χ1v) is 6.66. The number of aliphatic hydroxyl groups excluding tert-OH is 1. The molecule has 0 fully saturated rings. The molecule has 0 bridgehead atoms. The van der Waals surface area contributed by atoms with E-state index in [1.807, 2.05) is 36.4 Å². The topological polar surface area (TPSA) is 58.6 Å². The molecule has 20 heavy (non-hydrogen) atoms. The third kappa shape index (κ3) is 3.08. The lowest BCUT2D eigenvalue weighted by Crippen LogP contribution is -2.20. The Kier molecular flexibility index (Phi) is 4.58. The molecule has 0 aliphatic rings. The van der Waals surface area contributed by atoms with Gasteiger partial charge in [-0.1, -0.05) is 36.4 Å². The molecule has 0 unspecified atom stereocenters. The SMILES string of the molecule is CNC(=O)CCOc1c([C@H](C)O)ccc2ccccc12. The van der Waals surface area contributed by atoms with Crippen LogP contribution in [0.2, 0.25) is 0 Å². The summed E-state index contributed by atoms with van der Waals surface area (Å²) in [6.45, 7) is 1.99. The normalized spacial score (nSPS) is 12.2. The van der Waals surface area contributed by atoms with Gasteiger partial charge >= 0.3 is 0 Å². The Morgan fingerprint density at radius 3 is 2.75 bits per heavy atom. The van der Waals surface area contributed by atoms with E-state index in [1.165, 1.54) is 0 Å². The Morgan fingerprint density at radius 2 is 2.05 bits per heavy atom. The van der Waals surface area contributed by atoms with Gasteiger partial charge in [0.25, 0.3) is 0 Å². The predicted molar refractivity (Wildman–Crippen MR) is 78.8 cm³/mol. The molecule has 0 saturated carbocycles. The van der Waals surface area contributed by atoms with Gasteiger partial charge in [0, 0.05) is 18.0 Å². The van der Waals surface area contributed by atoms with E-state index in [9.17, 15) is 9.90 Å². The first-order chi connectivity index (χ1) is 9.63. The van der Waals surface area contributed by atoms with Crippen LogP contribution in [0.15, 0.2) is 36.4 Å². The van der Waals surface area contributed by atoms with Crippen LogP contribution in [0.4, 0.5) is 0 Å². The molecule has 1 atom stereocenters. The van der Waals surface area contributed by atoms with Gasteiger partial charge in [-0.15, -0.1) is 0 Å². The zero-order valence-electron chi connectivity index (χ0n) is 11.7. The van der Waals surface area contributed by atoms with Crippen molar-refractivity contribution in [3.8, 4) is 5.75 Å². The number of carbonyl (C=O) groups excluding carboxylic acids is 1. The van der Waals surface area contributed by atoms with E-state index < -0.39 is 6.10 Å². The van der Waals surface area contributed by atoms with Crippen LogP contribution in [-0.4, -0.2) is 24.7 Å². The highest BCUT2D eigenvalue weighted by Gasteiger charge is 2.13. The molecule has 1 amide bonds. The summed E-state index contributed by atoms with van der Waals surface area (Å²) in [5, 5.41) is 14.4. The Hall–Kier alpha value is -2.07. The maximum atomic E-state index is 11.2. The molecule has 106 valence electrons. The van der Waals surface area contributed by atoms with E-state index in [1.54, 1.807) is 14.0 Å². The Labute approximate surface area is 118 Å². The monoisotopic (exact) mass is 273 g/mol. The zero-order chi connectivity index (χ0) is 14.5. The molecule has 2 aromatic rings. The number of ether oxygens (including phenoxy) is 1. The highest BCUT2D eigenvalue weighted by molar-refractivity contribution is 5.89. The Bertz CT molecular complexity index is 608. The van der Waals surface area contributed by atoms with Gasteiger partial charge in [0.1, 0.15) is 5.75 Å². The summed E-state index contributed by atoms with van der Waals surface area (Å²) in [5.41, 5.74) is 0.737. The second-order valence-corrected chi connectivity index (χ2v) is 4.65. The van der Waals surface area contributed by atoms with Crippen LogP contribution in [0.5, 0.6) is 5.75 Å². The Morgan fingerprint density at radius 1 is 1.30 bits per heavy atom. The van der Waals surface area contributed by atoms with Crippen LogP contribution in [0, 0.1) is 0 Å². The molecule has 2 rings (SSSR count). The number of carbonyl (C=O) groups is 1. The van der Waals surface area contributed by atoms with Gasteiger partial charge in [-0.2, -0.15) is 0 Å². The van der Waals surface area contributed by atoms with Gasteiger partial charge < -0.3 is 15.2 Å². The van der Waals surface area contributed by atoms with Crippen molar-refractivity contribution in [2.75, 3.05) is 13.7 Å². The highest BCUT2D eigenvalue weighted by atomic mass is 16.5. The number of nitrogens with one attached hydrogen (secondary N) is 1. The summed E-state index contributed by atoms with van der Waals surface area (Å²) in [6.07, 6.45) is -0.325. The van der Waals surface area contributed by atoms with Gasteiger partial charge in [-0.25, -0.2) is 0 Å². The van der Waals surface area contributed by atoms with Gasteiger partial charge in [0.15, 0.2) is 0 Å². The highest BCUT2D eigenvalue weighted by Crippen LogP contribution is 2.33. The van der Waals surface area contributed by atoms with Gasteiger partial charge in [-0.05, 0) is 12.3 Å². The smallest absolute Gasteiger partial charge is 0.223 e. The standard InChI is InChI=1S/C16H19NO3/c1-11(18)13-8-7-12-5-3-4-6-14(12)16(13)20-10-9-15(19)17-2/h3-8,11,18H,9-10H2,1-2H3,(H,17,19)/t11-/m0/s1. The van der Waals surface area contributed by atoms with E-state index >= 15 is 0 Å². The third-order valence-corrected chi connectivity index (χ3v) is 3.21. The molecule has 0 aromatic heterocycles. The average Bonchev–Trinajstić information content (AvgIpc) is 2.46. The fraction of sp³-hybridized carbons (Fsp3) is 0.312. The number of fused-ring (bicyclic) bond motifs is 1. The zero-order valence-corrected chi connectivity index (χ0v) is 11.7. The number of rotatable bonds is 5. The first-order valence-electron chi connectivity index (χ1n) is 6.66. The second kappa shape index (κ2) is 6.39. The maximum Gasteiger partial charge on any atom is 0.223 e. The molecule has 0 spiro atoms. The summed E-state index contributed by atoms with van der Waals surface area (Å²) < 4.78 is 5.76. The molecule has 0 heterocycles. The lowest BCUT2D eigenvalue weighted by molar-refractivity contribution is -0.121. The minimum atomic E-state index is -0.616. The van der Waals surface area contributed by atoms with Crippen molar-refractivity contribution in [2.24, 2.45) is 0 Å². The van der Waals surface area contributed by atoms with Gasteiger partial charge in [0.05, 0.1) is 19.1 Å². The molecule has 4 heteroatoms. The van der Waals surface area contributed by atoms with E-state index in [0.29, 0.717) is 12.2 Å². The van der Waals surface area contributed by atoms with Crippen LogP contribution in [0.3, 0.4) is 0 Å². The molecule has 0 radical (unpaired) electrons. The third-order valence-electron chi connectivity index (χ3n) is 3.21. The van der Waals surface area contributed by atoms with Crippen LogP contribution >= 0.6 is 0 Å². The number of hydrogen-bond donors (Lipinski definition) is 2. The summed E-state index contributed by atoms with van der Waals surface area (Å²) in [4.78, 5) is 11.2. The fourth-order valence-corrected chi connectivity index (χ4v) is 2.12. The van der Waals surface area contributed by atoms with E-state index in [0.717, 1.165) is 16.3 Å². The van der Waals surface area contributed by atoms with Crippen molar-refractivity contribution in [3.63, 3.8) is 0 Å². The maximum absolute atomic E-state index is 11.2. The predicted octanol–water partition coefficient (Wildman–Crippen LogP) is 2.41. The lowest BCUT2D eigenvalue weighted by atomic mass is 10.0. The van der Waals surface area contributed by atoms with Crippen molar-refractivity contribution in [3.05, 3.63) is 42.0 Å². The Balaban J connectivity index is 2.32.